The largest absolute Gasteiger partial charge is 0.366 e. The molecule has 7 nitrogen and oxygen atoms in total. The fourth-order valence-electron chi connectivity index (χ4n) is 1.93. The molecule has 0 unspecified atom stereocenters. The highest BCUT2D eigenvalue weighted by molar-refractivity contribution is 7.99. The Labute approximate surface area is 145 Å². The lowest BCUT2D eigenvalue weighted by Crippen LogP contribution is -2.17. The van der Waals surface area contributed by atoms with Gasteiger partial charge in [-0.2, -0.15) is 0 Å². The summed E-state index contributed by atoms with van der Waals surface area (Å²) in [7, 11) is 0. The third-order valence-corrected chi connectivity index (χ3v) is 4.71. The average molecular weight is 359 g/mol. The normalized spacial score (nSPS) is 10.5. The number of nitrogens with zero attached hydrogens (tertiary/aromatic N) is 2. The van der Waals surface area contributed by atoms with Crippen LogP contribution in [0.25, 0.3) is 11.4 Å². The number of hydrogen-bond acceptors (Lipinski definition) is 6. The van der Waals surface area contributed by atoms with Gasteiger partial charge >= 0.3 is 0 Å². The lowest BCUT2D eigenvalue weighted by molar-refractivity contribution is -0.113. The summed E-state index contributed by atoms with van der Waals surface area (Å²) in [6.45, 7) is 0. The fourth-order valence-corrected chi connectivity index (χ4v) is 3.34. The molecule has 0 atom stereocenters. The number of nitrogens with one attached hydrogen (secondary N) is 2. The van der Waals surface area contributed by atoms with Gasteiger partial charge in [-0.3, -0.25) is 14.7 Å². The molecule has 0 radical (unpaired) electrons. The van der Waals surface area contributed by atoms with Gasteiger partial charge in [0.1, 0.15) is 5.00 Å². The van der Waals surface area contributed by atoms with E-state index in [1.807, 2.05) is 30.3 Å². The Hall–Kier alpha value is -2.65. The van der Waals surface area contributed by atoms with E-state index in [0.29, 0.717) is 21.5 Å². The van der Waals surface area contributed by atoms with Crippen molar-refractivity contribution in [3.05, 3.63) is 47.3 Å². The van der Waals surface area contributed by atoms with Crippen LogP contribution in [0.4, 0.5) is 5.00 Å². The number of primary amides is 1. The summed E-state index contributed by atoms with van der Waals surface area (Å²) in [5.74, 6) is -0.0493. The first-order valence-electron chi connectivity index (χ1n) is 6.91. The van der Waals surface area contributed by atoms with E-state index >= 15 is 0 Å². The zero-order chi connectivity index (χ0) is 16.9. The van der Waals surface area contributed by atoms with Gasteiger partial charge in [-0.25, -0.2) is 4.98 Å². The fraction of sp³-hybridized carbons (Fsp3) is 0.0667. The van der Waals surface area contributed by atoms with Crippen molar-refractivity contribution in [1.29, 1.82) is 0 Å². The molecule has 2 amide bonds. The van der Waals surface area contributed by atoms with E-state index in [2.05, 4.69) is 20.5 Å². The van der Waals surface area contributed by atoms with Crippen LogP contribution in [0.15, 0.2) is 46.9 Å². The van der Waals surface area contributed by atoms with Gasteiger partial charge in [-0.1, -0.05) is 42.1 Å². The maximum Gasteiger partial charge on any atom is 0.251 e. The number of amides is 2. The van der Waals surface area contributed by atoms with Crippen molar-refractivity contribution in [3.63, 3.8) is 0 Å². The summed E-state index contributed by atoms with van der Waals surface area (Å²) >= 11 is 2.45. The summed E-state index contributed by atoms with van der Waals surface area (Å²) in [5, 5.41) is 12.2. The van der Waals surface area contributed by atoms with Gasteiger partial charge in [0.25, 0.3) is 5.91 Å². The van der Waals surface area contributed by atoms with Gasteiger partial charge in [0, 0.05) is 5.56 Å². The molecule has 3 aromatic rings. The molecule has 0 bridgehead atoms. The van der Waals surface area contributed by atoms with Crippen molar-refractivity contribution in [2.24, 2.45) is 5.73 Å². The molecule has 4 N–H and O–H groups in total. The van der Waals surface area contributed by atoms with Crippen molar-refractivity contribution in [2.45, 2.75) is 5.16 Å². The molecular weight excluding hydrogens is 346 g/mol. The summed E-state index contributed by atoms with van der Waals surface area (Å²) in [6.07, 6.45) is 0. The molecular formula is C15H13N5O2S2. The molecule has 24 heavy (non-hydrogen) atoms. The van der Waals surface area contributed by atoms with Crippen LogP contribution in [-0.2, 0) is 4.79 Å². The number of benzene rings is 1. The highest BCUT2D eigenvalue weighted by atomic mass is 32.2. The average Bonchev–Trinajstić information content (AvgIpc) is 3.23. The van der Waals surface area contributed by atoms with Crippen LogP contribution in [0.5, 0.6) is 0 Å². The van der Waals surface area contributed by atoms with E-state index in [-0.39, 0.29) is 11.7 Å². The van der Waals surface area contributed by atoms with E-state index in [9.17, 15) is 9.59 Å². The highest BCUT2D eigenvalue weighted by Gasteiger charge is 2.14. The molecule has 2 heterocycles. The summed E-state index contributed by atoms with van der Waals surface area (Å²) in [4.78, 5) is 27.6. The number of rotatable bonds is 6. The predicted octanol–water partition coefficient (Wildman–Crippen LogP) is 2.36. The molecule has 0 aliphatic rings. The first kappa shape index (κ1) is 16.2. The molecule has 0 spiro atoms. The first-order chi connectivity index (χ1) is 11.6. The van der Waals surface area contributed by atoms with Crippen LogP contribution >= 0.6 is 23.1 Å². The molecule has 0 aliphatic heterocycles. The van der Waals surface area contributed by atoms with Gasteiger partial charge in [0.2, 0.25) is 11.1 Å². The van der Waals surface area contributed by atoms with Crippen LogP contribution < -0.4 is 11.1 Å². The Kier molecular flexibility index (Phi) is 4.92. The van der Waals surface area contributed by atoms with E-state index in [1.165, 1.54) is 23.1 Å². The number of carbonyl (C=O) groups excluding carboxylic acids is 2. The van der Waals surface area contributed by atoms with E-state index in [4.69, 9.17) is 5.73 Å². The second kappa shape index (κ2) is 7.28. The van der Waals surface area contributed by atoms with E-state index in [0.717, 1.165) is 5.56 Å². The number of aromatic amines is 1. The van der Waals surface area contributed by atoms with Gasteiger partial charge in [-0.15, -0.1) is 16.4 Å². The molecule has 2 aromatic heterocycles. The third-order valence-electron chi connectivity index (χ3n) is 3.03. The van der Waals surface area contributed by atoms with Crippen LogP contribution in [0.3, 0.4) is 0 Å². The number of carbonyl (C=O) groups is 2. The Bertz CT molecular complexity index is 860. The maximum absolute atomic E-state index is 12.0. The minimum Gasteiger partial charge on any atom is -0.366 e. The van der Waals surface area contributed by atoms with Crippen LogP contribution in [-0.4, -0.2) is 32.7 Å². The number of H-pyrrole nitrogens is 1. The molecule has 0 saturated carbocycles. The van der Waals surface area contributed by atoms with Crippen molar-refractivity contribution in [3.8, 4) is 11.4 Å². The lowest BCUT2D eigenvalue weighted by atomic mass is 10.2. The third kappa shape index (κ3) is 3.81. The van der Waals surface area contributed by atoms with Gasteiger partial charge in [0.05, 0.1) is 11.3 Å². The standard InChI is InChI=1S/C15H13N5O2S2/c16-12(22)10-6-7-23-14(10)17-11(21)8-24-15-18-13(19-20-15)9-4-2-1-3-5-9/h1-7H,8H2,(H2,16,22)(H,17,21)(H,18,19,20). The number of aromatic nitrogens is 3. The highest BCUT2D eigenvalue weighted by Crippen LogP contribution is 2.24. The second-order valence-electron chi connectivity index (χ2n) is 4.70. The minimum atomic E-state index is -0.569. The first-order valence-corrected chi connectivity index (χ1v) is 8.78. The minimum absolute atomic E-state index is 0.127. The Balaban J connectivity index is 1.58. The smallest absolute Gasteiger partial charge is 0.251 e. The predicted molar refractivity (Wildman–Crippen MR) is 94.0 cm³/mol. The number of nitrogens with two attached hydrogens (primary N) is 1. The lowest BCUT2D eigenvalue weighted by Gasteiger charge is -2.03. The van der Waals surface area contributed by atoms with Gasteiger partial charge in [0.15, 0.2) is 5.82 Å². The van der Waals surface area contributed by atoms with Crippen molar-refractivity contribution in [2.75, 3.05) is 11.1 Å². The molecule has 0 aliphatic carbocycles. The summed E-state index contributed by atoms with van der Waals surface area (Å²) < 4.78 is 0. The van der Waals surface area contributed by atoms with E-state index in [1.54, 1.807) is 11.4 Å². The van der Waals surface area contributed by atoms with Crippen LogP contribution in [0, 0.1) is 0 Å². The van der Waals surface area contributed by atoms with Crippen LogP contribution in [0.2, 0.25) is 0 Å². The molecule has 0 saturated heterocycles. The molecule has 0 fully saturated rings. The number of thioether (sulfide) groups is 1. The monoisotopic (exact) mass is 359 g/mol. The summed E-state index contributed by atoms with van der Waals surface area (Å²) in [5.41, 5.74) is 6.48. The Morgan fingerprint density at radius 2 is 2.04 bits per heavy atom. The molecule has 3 rings (SSSR count). The number of anilines is 1. The van der Waals surface area contributed by atoms with Crippen LogP contribution in [0.1, 0.15) is 10.4 Å². The SMILES string of the molecule is NC(=O)c1ccsc1NC(=O)CSc1n[nH]c(-c2ccccc2)n1. The molecule has 1 aromatic carbocycles. The van der Waals surface area contributed by atoms with Crippen molar-refractivity contribution >= 4 is 39.9 Å². The number of thiophene rings is 1. The zero-order valence-corrected chi connectivity index (χ0v) is 14.0. The number of hydrogen-bond donors (Lipinski definition) is 3. The zero-order valence-electron chi connectivity index (χ0n) is 12.4. The second-order valence-corrected chi connectivity index (χ2v) is 6.56. The quantitative estimate of drug-likeness (QED) is 0.585. The Morgan fingerprint density at radius 3 is 2.79 bits per heavy atom. The maximum atomic E-state index is 12.0. The van der Waals surface area contributed by atoms with Crippen molar-refractivity contribution < 1.29 is 9.59 Å². The molecule has 9 heteroatoms. The van der Waals surface area contributed by atoms with E-state index < -0.39 is 5.91 Å². The topological polar surface area (TPSA) is 114 Å². The van der Waals surface area contributed by atoms with Crippen molar-refractivity contribution in [1.82, 2.24) is 15.2 Å². The Morgan fingerprint density at radius 1 is 1.25 bits per heavy atom. The molecule has 122 valence electrons. The van der Waals surface area contributed by atoms with Gasteiger partial charge in [-0.05, 0) is 11.4 Å². The summed E-state index contributed by atoms with van der Waals surface area (Å²) in [6, 6.07) is 11.2. The van der Waals surface area contributed by atoms with Gasteiger partial charge < -0.3 is 11.1 Å².